The van der Waals surface area contributed by atoms with Crippen LogP contribution in [0.5, 0.6) is 0 Å². The van der Waals surface area contributed by atoms with Gasteiger partial charge in [0.15, 0.2) is 0 Å². The third-order valence-corrected chi connectivity index (χ3v) is 10.7. The second-order valence-electron chi connectivity index (χ2n) is 13.9. The molecule has 9 heteroatoms. The summed E-state index contributed by atoms with van der Waals surface area (Å²) in [6.07, 6.45) is 3.78. The van der Waals surface area contributed by atoms with E-state index in [-0.39, 0.29) is 18.4 Å². The Morgan fingerprint density at radius 3 is 2.29 bits per heavy atom. The second-order valence-corrected chi connectivity index (χ2v) is 14.3. The maximum atomic E-state index is 14.2. The third-order valence-electron chi connectivity index (χ3n) is 10.5. The number of piperidine rings is 1. The Morgan fingerprint density at radius 2 is 1.52 bits per heavy atom. The van der Waals surface area contributed by atoms with Gasteiger partial charge in [-0.25, -0.2) is 4.79 Å². The first-order chi connectivity index (χ1) is 25.5. The highest BCUT2D eigenvalue weighted by molar-refractivity contribution is 6.30. The number of hydrogen-bond acceptors (Lipinski definition) is 6. The number of fused-ring (bicyclic) bond motifs is 1. The van der Waals surface area contributed by atoms with Crippen molar-refractivity contribution in [2.24, 2.45) is 5.92 Å². The zero-order valence-electron chi connectivity index (χ0n) is 29.5. The van der Waals surface area contributed by atoms with Gasteiger partial charge < -0.3 is 19.9 Å². The minimum atomic E-state index is -0.642. The van der Waals surface area contributed by atoms with Crippen LogP contribution in [0.15, 0.2) is 115 Å². The van der Waals surface area contributed by atoms with E-state index in [1.807, 2.05) is 59.6 Å². The van der Waals surface area contributed by atoms with Gasteiger partial charge in [-0.05, 0) is 84.3 Å². The first-order valence-corrected chi connectivity index (χ1v) is 18.7. The Labute approximate surface area is 311 Å². The highest BCUT2D eigenvalue weighted by Crippen LogP contribution is 2.29. The molecule has 2 fully saturated rings. The Morgan fingerprint density at radius 1 is 0.788 bits per heavy atom. The zero-order valence-corrected chi connectivity index (χ0v) is 30.3. The molecule has 268 valence electrons. The first kappa shape index (κ1) is 35.6. The molecule has 5 aromatic rings. The number of nitrogens with one attached hydrogen (secondary N) is 1. The molecule has 52 heavy (non-hydrogen) atoms. The lowest BCUT2D eigenvalue weighted by molar-refractivity contribution is -0.137. The summed E-state index contributed by atoms with van der Waals surface area (Å²) in [5.41, 5.74) is 6.74. The molecule has 0 bridgehead atoms. The van der Waals surface area contributed by atoms with Crippen molar-refractivity contribution in [3.8, 4) is 11.1 Å². The molecule has 1 N–H and O–H groups in total. The summed E-state index contributed by atoms with van der Waals surface area (Å²) in [5, 5.41) is 4.90. The van der Waals surface area contributed by atoms with Crippen LogP contribution < -0.4 is 5.32 Å². The van der Waals surface area contributed by atoms with Crippen molar-refractivity contribution in [3.05, 3.63) is 137 Å². The molecule has 0 spiro atoms. The number of piperazine rings is 1. The van der Waals surface area contributed by atoms with Gasteiger partial charge in [0.1, 0.15) is 12.6 Å². The molecule has 0 radical (unpaired) electrons. The fraction of sp³-hybridized carbons (Fsp3) is 0.326. The van der Waals surface area contributed by atoms with Gasteiger partial charge in [0.05, 0.1) is 5.52 Å². The van der Waals surface area contributed by atoms with Crippen LogP contribution in [0.25, 0.3) is 22.0 Å². The van der Waals surface area contributed by atoms with E-state index >= 15 is 0 Å². The molecule has 2 saturated heterocycles. The van der Waals surface area contributed by atoms with Crippen LogP contribution in [-0.4, -0.2) is 83.5 Å². The summed E-state index contributed by atoms with van der Waals surface area (Å²) < 4.78 is 5.62. The topological polar surface area (TPSA) is 78.0 Å². The Hall–Kier alpha value is -4.76. The molecule has 8 nitrogen and oxygen atoms in total. The highest BCUT2D eigenvalue weighted by Gasteiger charge is 2.36. The number of alkyl carbamates (subject to hydrolysis) is 1. The molecule has 7 rings (SSSR count). The van der Waals surface area contributed by atoms with E-state index in [0.717, 1.165) is 80.0 Å². The minimum absolute atomic E-state index is 0.0128. The van der Waals surface area contributed by atoms with E-state index in [0.29, 0.717) is 13.1 Å². The molecule has 2 amide bonds. The lowest BCUT2D eigenvalue weighted by atomic mass is 9.88. The summed E-state index contributed by atoms with van der Waals surface area (Å²) in [5.74, 6) is -0.00752. The van der Waals surface area contributed by atoms with Gasteiger partial charge in [0.25, 0.3) is 0 Å². The van der Waals surface area contributed by atoms with Crippen LogP contribution in [0.2, 0.25) is 5.02 Å². The molecular formula is C43H46ClN5O3. The molecule has 2 aliphatic heterocycles. The average molecular weight is 716 g/mol. The summed E-state index contributed by atoms with van der Waals surface area (Å²) in [4.78, 5) is 38.8. The number of rotatable bonds is 11. The predicted octanol–water partition coefficient (Wildman–Crippen LogP) is 7.45. The fourth-order valence-corrected chi connectivity index (χ4v) is 7.78. The number of ether oxygens (including phenoxy) is 1. The van der Waals surface area contributed by atoms with Crippen molar-refractivity contribution in [1.82, 2.24) is 25.0 Å². The summed E-state index contributed by atoms with van der Waals surface area (Å²) in [6.45, 7) is 6.26. The van der Waals surface area contributed by atoms with Gasteiger partial charge in [-0.3, -0.25) is 14.7 Å². The number of hydrogen-bond donors (Lipinski definition) is 1. The summed E-state index contributed by atoms with van der Waals surface area (Å²) >= 11 is 6.44. The number of amides is 2. The second kappa shape index (κ2) is 17.2. The maximum absolute atomic E-state index is 14.2. The van der Waals surface area contributed by atoms with Crippen molar-refractivity contribution in [3.63, 3.8) is 0 Å². The van der Waals surface area contributed by atoms with Gasteiger partial charge in [0, 0.05) is 55.9 Å². The standard InChI is InChI=1S/C43H46ClN5O3/c44-38-16-17-39(33-11-5-2-6-12-33)36(29-38)20-24-47-22-18-35(19-23-47)41(46-43(51)52-31-32-9-3-1-4-10-32)42(50)49-27-25-48(26-28-49)30-37-14-7-13-34-15-8-21-45-40(34)37/h1-17,21,29,35,41H,18-20,22-28,30-31H2,(H,46,51)/t41-/m1/s1. The van der Waals surface area contributed by atoms with Crippen LogP contribution in [0.3, 0.4) is 0 Å². The lowest BCUT2D eigenvalue weighted by Crippen LogP contribution is -2.58. The summed E-state index contributed by atoms with van der Waals surface area (Å²) in [6, 6.07) is 35.9. The van der Waals surface area contributed by atoms with E-state index in [1.54, 1.807) is 0 Å². The molecule has 0 unspecified atom stereocenters. The number of nitrogens with zero attached hydrogens (tertiary/aromatic N) is 4. The van der Waals surface area contributed by atoms with Crippen LogP contribution in [0.1, 0.15) is 29.5 Å². The van der Waals surface area contributed by atoms with Gasteiger partial charge >= 0.3 is 6.09 Å². The fourth-order valence-electron chi connectivity index (χ4n) is 7.59. The molecule has 0 aliphatic carbocycles. The normalized spacial score (nSPS) is 16.4. The predicted molar refractivity (Wildman–Crippen MR) is 207 cm³/mol. The smallest absolute Gasteiger partial charge is 0.408 e. The SMILES string of the molecule is O=C(N[C@@H](C(=O)N1CCN(Cc2cccc3cccnc23)CC1)C1CCN(CCc2cc(Cl)ccc2-c2ccccc2)CC1)OCc1ccccc1. The average Bonchev–Trinajstić information content (AvgIpc) is 3.19. The van der Waals surface area contributed by atoms with Crippen molar-refractivity contribution in [2.45, 2.75) is 38.5 Å². The molecule has 3 heterocycles. The number of aromatic nitrogens is 1. The van der Waals surface area contributed by atoms with Crippen LogP contribution in [-0.2, 0) is 29.1 Å². The van der Waals surface area contributed by atoms with E-state index in [1.165, 1.54) is 22.3 Å². The maximum Gasteiger partial charge on any atom is 0.408 e. The first-order valence-electron chi connectivity index (χ1n) is 18.4. The number of para-hydroxylation sites is 1. The largest absolute Gasteiger partial charge is 0.445 e. The molecule has 1 aromatic heterocycles. The van der Waals surface area contributed by atoms with E-state index in [4.69, 9.17) is 16.3 Å². The van der Waals surface area contributed by atoms with Crippen molar-refractivity contribution < 1.29 is 14.3 Å². The Balaban J connectivity index is 0.978. The molecule has 1 atom stereocenters. The minimum Gasteiger partial charge on any atom is -0.445 e. The quantitative estimate of drug-likeness (QED) is 0.153. The molecular weight excluding hydrogens is 670 g/mol. The molecule has 0 saturated carbocycles. The highest BCUT2D eigenvalue weighted by atomic mass is 35.5. The monoisotopic (exact) mass is 715 g/mol. The Bertz CT molecular complexity index is 1940. The van der Waals surface area contributed by atoms with Crippen molar-refractivity contribution in [2.75, 3.05) is 45.8 Å². The zero-order chi connectivity index (χ0) is 35.7. The van der Waals surface area contributed by atoms with Gasteiger partial charge in [-0.15, -0.1) is 0 Å². The number of carbonyl (C=O) groups is 2. The van der Waals surface area contributed by atoms with Crippen LogP contribution in [0, 0.1) is 5.92 Å². The number of halogens is 1. The molecule has 2 aliphatic rings. The van der Waals surface area contributed by atoms with Crippen molar-refractivity contribution in [1.29, 1.82) is 0 Å². The van der Waals surface area contributed by atoms with Crippen LogP contribution >= 0.6 is 11.6 Å². The van der Waals surface area contributed by atoms with Gasteiger partial charge in [-0.2, -0.15) is 0 Å². The van der Waals surface area contributed by atoms with Crippen LogP contribution in [0.4, 0.5) is 4.79 Å². The van der Waals surface area contributed by atoms with E-state index in [2.05, 4.69) is 80.8 Å². The molecule has 4 aromatic carbocycles. The lowest BCUT2D eigenvalue weighted by Gasteiger charge is -2.40. The van der Waals surface area contributed by atoms with E-state index in [9.17, 15) is 9.59 Å². The number of carbonyl (C=O) groups excluding carboxylic acids is 2. The number of benzene rings is 4. The summed E-state index contributed by atoms with van der Waals surface area (Å²) in [7, 11) is 0. The van der Waals surface area contributed by atoms with Crippen molar-refractivity contribution >= 4 is 34.5 Å². The number of pyridine rings is 1. The van der Waals surface area contributed by atoms with Gasteiger partial charge in [-0.1, -0.05) is 103 Å². The van der Waals surface area contributed by atoms with E-state index < -0.39 is 12.1 Å². The van der Waals surface area contributed by atoms with Gasteiger partial charge in [0.2, 0.25) is 5.91 Å². The Kier molecular flexibility index (Phi) is 11.8. The third kappa shape index (κ3) is 8.99. The number of likely N-dealkylation sites (tertiary alicyclic amines) is 1.